The summed E-state index contributed by atoms with van der Waals surface area (Å²) in [4.78, 5) is 3.62. The maximum Gasteiger partial charge on any atom is 0.574 e. The molecule has 0 atom stereocenters. The smallest absolute Gasteiger partial charge is 0.388 e. The number of halogens is 3. The Morgan fingerprint density at radius 2 is 1.39 bits per heavy atom. The molecule has 0 radical (unpaired) electrons. The van der Waals surface area contributed by atoms with E-state index in [0.29, 0.717) is 5.56 Å². The second-order valence-electron chi connectivity index (χ2n) is 7.27. The Morgan fingerprint density at radius 1 is 0.774 bits per heavy atom. The minimum absolute atomic E-state index is 0.505. The molecule has 2 aromatic carbocycles. The van der Waals surface area contributed by atoms with E-state index in [2.05, 4.69) is 52.8 Å². The average Bonchev–Trinajstić information content (AvgIpc) is 2.76. The van der Waals surface area contributed by atoms with Crippen molar-refractivity contribution >= 4 is 0 Å². The predicted molar refractivity (Wildman–Crippen MR) is 117 cm³/mol. The van der Waals surface area contributed by atoms with Crippen molar-refractivity contribution in [3.63, 3.8) is 0 Å². The number of nitrogens with zero attached hydrogens (tertiary/aromatic N) is 1. The van der Waals surface area contributed by atoms with E-state index in [9.17, 15) is 13.2 Å². The van der Waals surface area contributed by atoms with Gasteiger partial charge in [-0.2, -0.15) is 0 Å². The predicted octanol–water partition coefficient (Wildman–Crippen LogP) is 7.17. The highest BCUT2D eigenvalue weighted by Gasteiger charge is 2.31. The largest absolute Gasteiger partial charge is 0.574 e. The van der Waals surface area contributed by atoms with Gasteiger partial charge >= 0.3 is 6.36 Å². The molecular formula is C26H24F3NO. The fourth-order valence-electron chi connectivity index (χ4n) is 3.14. The zero-order chi connectivity index (χ0) is 22.1. The first-order valence-corrected chi connectivity index (χ1v) is 10.4. The minimum atomic E-state index is -4.75. The number of benzene rings is 2. The third-order valence-electron chi connectivity index (χ3n) is 4.80. The molecule has 0 saturated heterocycles. The fraction of sp³-hybridized carbons (Fsp3) is 0.269. The Morgan fingerprint density at radius 3 is 1.97 bits per heavy atom. The Bertz CT molecular complexity index is 1010. The SMILES string of the molecule is CCCCCCc1ccc(-c2ccc(C#Cc3ccc(OC(F)(F)F)nc3)cc2)cc1. The molecule has 0 spiro atoms. The summed E-state index contributed by atoms with van der Waals surface area (Å²) >= 11 is 0. The summed E-state index contributed by atoms with van der Waals surface area (Å²) in [6.45, 7) is 2.22. The quantitative estimate of drug-likeness (QED) is 0.297. The van der Waals surface area contributed by atoms with Crippen LogP contribution in [-0.4, -0.2) is 11.3 Å². The van der Waals surface area contributed by atoms with Gasteiger partial charge in [0.05, 0.1) is 0 Å². The van der Waals surface area contributed by atoms with Crippen molar-refractivity contribution in [1.29, 1.82) is 0 Å². The van der Waals surface area contributed by atoms with Gasteiger partial charge in [-0.15, -0.1) is 13.2 Å². The van der Waals surface area contributed by atoms with Crippen LogP contribution >= 0.6 is 0 Å². The van der Waals surface area contributed by atoms with Crippen LogP contribution in [0.5, 0.6) is 5.88 Å². The molecule has 0 amide bonds. The van der Waals surface area contributed by atoms with E-state index in [0.717, 1.165) is 29.2 Å². The Kier molecular flexibility index (Phi) is 7.72. The van der Waals surface area contributed by atoms with Crippen LogP contribution in [0.25, 0.3) is 11.1 Å². The van der Waals surface area contributed by atoms with Gasteiger partial charge in [-0.25, -0.2) is 4.98 Å². The maximum atomic E-state index is 12.2. The number of alkyl halides is 3. The topological polar surface area (TPSA) is 22.1 Å². The summed E-state index contributed by atoms with van der Waals surface area (Å²) in [5, 5.41) is 0. The summed E-state index contributed by atoms with van der Waals surface area (Å²) in [6, 6.07) is 19.1. The van der Waals surface area contributed by atoms with E-state index < -0.39 is 12.2 Å². The van der Waals surface area contributed by atoms with Gasteiger partial charge in [0.25, 0.3) is 0 Å². The maximum absolute atomic E-state index is 12.2. The molecular weight excluding hydrogens is 399 g/mol. The number of ether oxygens (including phenoxy) is 1. The molecule has 0 bridgehead atoms. The second kappa shape index (κ2) is 10.7. The van der Waals surface area contributed by atoms with Gasteiger partial charge in [-0.1, -0.05) is 74.4 Å². The third-order valence-corrected chi connectivity index (χ3v) is 4.80. The summed E-state index contributed by atoms with van der Waals surface area (Å²) in [6.07, 6.45) is 2.67. The van der Waals surface area contributed by atoms with Crippen molar-refractivity contribution in [2.24, 2.45) is 0 Å². The molecule has 0 saturated carbocycles. The highest BCUT2D eigenvalue weighted by molar-refractivity contribution is 5.64. The minimum Gasteiger partial charge on any atom is -0.388 e. The molecule has 3 rings (SSSR count). The summed E-state index contributed by atoms with van der Waals surface area (Å²) in [5.74, 6) is 5.39. The van der Waals surface area contributed by atoms with Crippen LogP contribution in [0.15, 0.2) is 66.9 Å². The molecule has 0 aliphatic carbocycles. The first-order valence-electron chi connectivity index (χ1n) is 10.4. The van der Waals surface area contributed by atoms with E-state index >= 15 is 0 Å². The zero-order valence-electron chi connectivity index (χ0n) is 17.4. The van der Waals surface area contributed by atoms with Gasteiger partial charge in [-0.05, 0) is 47.7 Å². The highest BCUT2D eigenvalue weighted by Crippen LogP contribution is 2.22. The second-order valence-corrected chi connectivity index (χ2v) is 7.27. The van der Waals surface area contributed by atoms with E-state index in [1.807, 2.05) is 24.3 Å². The molecule has 1 aromatic heterocycles. The van der Waals surface area contributed by atoms with Gasteiger partial charge in [-0.3, -0.25) is 0 Å². The molecule has 0 aliphatic heterocycles. The Labute approximate surface area is 181 Å². The molecule has 0 aliphatic rings. The molecule has 1 heterocycles. The van der Waals surface area contributed by atoms with Crippen molar-refractivity contribution < 1.29 is 17.9 Å². The summed E-state index contributed by atoms with van der Waals surface area (Å²) in [5.41, 5.74) is 4.95. The van der Waals surface area contributed by atoms with Gasteiger partial charge in [0.1, 0.15) is 0 Å². The standard InChI is InChI=1S/C26H24F3NO/c1-2-3-4-5-6-20-9-14-23(15-10-20)24-16-11-21(12-17-24)7-8-22-13-18-25(30-19-22)31-26(27,28)29/h9-19H,2-6H2,1H3. The Hall–Kier alpha value is -3.26. The molecule has 160 valence electrons. The van der Waals surface area contributed by atoms with Crippen molar-refractivity contribution in [1.82, 2.24) is 4.98 Å². The first kappa shape index (κ1) is 22.4. The number of aryl methyl sites for hydroxylation is 1. The van der Waals surface area contributed by atoms with Crippen LogP contribution in [-0.2, 0) is 6.42 Å². The van der Waals surface area contributed by atoms with Crippen LogP contribution < -0.4 is 4.74 Å². The van der Waals surface area contributed by atoms with Gasteiger partial charge < -0.3 is 4.74 Å². The monoisotopic (exact) mass is 423 g/mol. The number of hydrogen-bond donors (Lipinski definition) is 0. The molecule has 0 unspecified atom stereocenters. The summed E-state index contributed by atoms with van der Waals surface area (Å²) < 4.78 is 40.3. The molecule has 0 N–H and O–H groups in total. The zero-order valence-corrected chi connectivity index (χ0v) is 17.4. The van der Waals surface area contributed by atoms with Crippen LogP contribution in [0.3, 0.4) is 0 Å². The number of aromatic nitrogens is 1. The molecule has 2 nitrogen and oxygen atoms in total. The van der Waals surface area contributed by atoms with E-state index in [1.165, 1.54) is 43.5 Å². The number of unbranched alkanes of at least 4 members (excludes halogenated alkanes) is 3. The summed E-state index contributed by atoms with van der Waals surface area (Å²) in [7, 11) is 0. The van der Waals surface area contributed by atoms with Crippen LogP contribution in [0.1, 0.15) is 49.3 Å². The molecule has 31 heavy (non-hydrogen) atoms. The number of rotatable bonds is 7. The van der Waals surface area contributed by atoms with Crippen LogP contribution in [0.4, 0.5) is 13.2 Å². The third kappa shape index (κ3) is 7.49. The van der Waals surface area contributed by atoms with Gasteiger partial charge in [0.15, 0.2) is 0 Å². The lowest BCUT2D eigenvalue weighted by atomic mass is 10.0. The fourth-order valence-corrected chi connectivity index (χ4v) is 3.14. The lowest BCUT2D eigenvalue weighted by molar-refractivity contribution is -0.276. The van der Waals surface area contributed by atoms with E-state index in [4.69, 9.17) is 0 Å². The number of hydrogen-bond acceptors (Lipinski definition) is 2. The number of pyridine rings is 1. The highest BCUT2D eigenvalue weighted by atomic mass is 19.4. The lowest BCUT2D eigenvalue weighted by Gasteiger charge is -2.06. The van der Waals surface area contributed by atoms with Crippen molar-refractivity contribution in [3.05, 3.63) is 83.6 Å². The van der Waals surface area contributed by atoms with E-state index in [-0.39, 0.29) is 0 Å². The lowest BCUT2D eigenvalue weighted by Crippen LogP contribution is -2.17. The van der Waals surface area contributed by atoms with E-state index in [1.54, 1.807) is 0 Å². The van der Waals surface area contributed by atoms with Crippen LogP contribution in [0, 0.1) is 11.8 Å². The Balaban J connectivity index is 1.59. The van der Waals surface area contributed by atoms with Crippen LogP contribution in [0.2, 0.25) is 0 Å². The van der Waals surface area contributed by atoms with Gasteiger partial charge in [0, 0.05) is 23.4 Å². The normalized spacial score (nSPS) is 11.0. The van der Waals surface area contributed by atoms with Gasteiger partial charge in [0.2, 0.25) is 5.88 Å². The van der Waals surface area contributed by atoms with Crippen molar-refractivity contribution in [2.75, 3.05) is 0 Å². The molecule has 0 fully saturated rings. The molecule has 3 aromatic rings. The first-order chi connectivity index (χ1) is 14.9. The average molecular weight is 423 g/mol. The van der Waals surface area contributed by atoms with Crippen molar-refractivity contribution in [2.45, 2.75) is 45.4 Å². The molecule has 5 heteroatoms. The van der Waals surface area contributed by atoms with Crippen molar-refractivity contribution in [3.8, 4) is 28.8 Å².